The summed E-state index contributed by atoms with van der Waals surface area (Å²) in [5.41, 5.74) is 9.43. The second-order valence-electron chi connectivity index (χ2n) is 4.35. The number of ether oxygens (including phenoxy) is 1. The zero-order valence-corrected chi connectivity index (χ0v) is 10.6. The fourth-order valence-corrected chi connectivity index (χ4v) is 2.12. The van der Waals surface area contributed by atoms with Gasteiger partial charge in [0.15, 0.2) is 0 Å². The maximum absolute atomic E-state index is 5.93. The number of methoxy groups -OCH3 is 1. The third-order valence-corrected chi connectivity index (χ3v) is 3.12. The van der Waals surface area contributed by atoms with Crippen LogP contribution in [0.4, 0.5) is 5.69 Å². The Balaban J connectivity index is 2.11. The number of aromatic nitrogens is 1. The molecule has 3 nitrogen and oxygen atoms in total. The van der Waals surface area contributed by atoms with Crippen LogP contribution in [0, 0.1) is 0 Å². The second kappa shape index (κ2) is 4.61. The quantitative estimate of drug-likeness (QED) is 0.708. The smallest absolute Gasteiger partial charge is 0.141 e. The third kappa shape index (κ3) is 2.10. The minimum atomic E-state index is 0.620. The molecule has 0 aliphatic carbocycles. The molecule has 2 N–H and O–H groups in total. The molecule has 2 aromatic carbocycles. The molecule has 1 aromatic heterocycles. The Morgan fingerprint density at radius 2 is 1.84 bits per heavy atom. The van der Waals surface area contributed by atoms with Gasteiger partial charge in [0.1, 0.15) is 5.75 Å². The number of para-hydroxylation sites is 1. The molecule has 3 rings (SSSR count). The van der Waals surface area contributed by atoms with Gasteiger partial charge in [-0.05, 0) is 30.3 Å². The highest BCUT2D eigenvalue weighted by molar-refractivity contribution is 5.82. The highest BCUT2D eigenvalue weighted by atomic mass is 16.5. The lowest BCUT2D eigenvalue weighted by atomic mass is 10.1. The Morgan fingerprint density at radius 1 is 1.00 bits per heavy atom. The van der Waals surface area contributed by atoms with Crippen molar-refractivity contribution in [3.63, 3.8) is 0 Å². The van der Waals surface area contributed by atoms with E-state index in [2.05, 4.69) is 17.1 Å². The molecule has 0 spiro atoms. The van der Waals surface area contributed by atoms with Crippen LogP contribution >= 0.6 is 0 Å². The monoisotopic (exact) mass is 250 g/mol. The molecular weight excluding hydrogens is 236 g/mol. The van der Waals surface area contributed by atoms with Gasteiger partial charge in [0.2, 0.25) is 0 Å². The van der Waals surface area contributed by atoms with E-state index in [1.165, 1.54) is 0 Å². The number of nitrogen functional groups attached to an aromatic ring is 1. The Morgan fingerprint density at radius 3 is 2.63 bits per heavy atom. The molecule has 3 aromatic rings. The van der Waals surface area contributed by atoms with E-state index in [-0.39, 0.29) is 0 Å². The minimum Gasteiger partial charge on any atom is -0.495 e. The van der Waals surface area contributed by atoms with Crippen molar-refractivity contribution in [2.45, 2.75) is 0 Å². The molecular formula is C16H14N2O. The topological polar surface area (TPSA) is 48.1 Å². The number of benzene rings is 2. The molecule has 0 amide bonds. The number of nitrogens with two attached hydrogens (primary N) is 1. The van der Waals surface area contributed by atoms with Crippen LogP contribution in [0.25, 0.3) is 22.2 Å². The number of nitrogens with zero attached hydrogens (tertiary/aromatic N) is 1. The van der Waals surface area contributed by atoms with Gasteiger partial charge in [-0.3, -0.25) is 0 Å². The van der Waals surface area contributed by atoms with Crippen molar-refractivity contribution in [1.82, 2.24) is 4.98 Å². The summed E-state index contributed by atoms with van der Waals surface area (Å²) >= 11 is 0. The lowest BCUT2D eigenvalue weighted by Crippen LogP contribution is -1.93. The van der Waals surface area contributed by atoms with Crippen LogP contribution in [-0.2, 0) is 0 Å². The summed E-state index contributed by atoms with van der Waals surface area (Å²) in [6.45, 7) is 0. The third-order valence-electron chi connectivity index (χ3n) is 3.12. The van der Waals surface area contributed by atoms with Crippen molar-refractivity contribution >= 4 is 16.6 Å². The Labute approximate surface area is 111 Å². The summed E-state index contributed by atoms with van der Waals surface area (Å²) in [5, 5.41) is 1.13. The molecule has 0 aliphatic rings. The average molecular weight is 250 g/mol. The molecule has 3 heteroatoms. The first-order valence-corrected chi connectivity index (χ1v) is 6.07. The van der Waals surface area contributed by atoms with Crippen molar-refractivity contribution < 1.29 is 4.74 Å². The Kier molecular flexibility index (Phi) is 2.80. The molecule has 0 bridgehead atoms. The van der Waals surface area contributed by atoms with Gasteiger partial charge in [-0.25, -0.2) is 4.98 Å². The van der Waals surface area contributed by atoms with E-state index in [9.17, 15) is 0 Å². The predicted octanol–water partition coefficient (Wildman–Crippen LogP) is 3.49. The highest BCUT2D eigenvalue weighted by Gasteiger charge is 2.05. The SMILES string of the molecule is COc1ccc(-c2ccc3ccccc3n2)cc1N. The van der Waals surface area contributed by atoms with E-state index in [0.717, 1.165) is 22.2 Å². The zero-order chi connectivity index (χ0) is 13.2. The maximum Gasteiger partial charge on any atom is 0.141 e. The number of rotatable bonds is 2. The number of anilines is 1. The van der Waals surface area contributed by atoms with E-state index in [0.29, 0.717) is 11.4 Å². The summed E-state index contributed by atoms with van der Waals surface area (Å²) in [6.07, 6.45) is 0. The van der Waals surface area contributed by atoms with Crippen LogP contribution in [0.5, 0.6) is 5.75 Å². The minimum absolute atomic E-state index is 0.620. The molecule has 0 fully saturated rings. The van der Waals surface area contributed by atoms with E-state index in [1.807, 2.05) is 42.5 Å². The summed E-state index contributed by atoms with van der Waals surface area (Å²) < 4.78 is 5.16. The van der Waals surface area contributed by atoms with Gasteiger partial charge in [-0.2, -0.15) is 0 Å². The molecule has 0 radical (unpaired) electrons. The first-order chi connectivity index (χ1) is 9.28. The molecule has 0 saturated heterocycles. The molecule has 1 heterocycles. The molecule has 19 heavy (non-hydrogen) atoms. The predicted molar refractivity (Wildman–Crippen MR) is 78.1 cm³/mol. The molecule has 94 valence electrons. The van der Waals surface area contributed by atoms with Crippen LogP contribution in [0.3, 0.4) is 0 Å². The summed E-state index contributed by atoms with van der Waals surface area (Å²) in [5.74, 6) is 0.685. The molecule has 0 saturated carbocycles. The van der Waals surface area contributed by atoms with Gasteiger partial charge in [0.25, 0.3) is 0 Å². The normalized spacial score (nSPS) is 10.6. The van der Waals surface area contributed by atoms with Crippen molar-refractivity contribution in [3.8, 4) is 17.0 Å². The molecule has 0 unspecified atom stereocenters. The standard InChI is InChI=1S/C16H14N2O/c1-19-16-9-7-12(10-13(16)17)15-8-6-11-4-2-3-5-14(11)18-15/h2-10H,17H2,1H3. The Bertz CT molecular complexity index is 738. The van der Waals surface area contributed by atoms with E-state index in [1.54, 1.807) is 7.11 Å². The van der Waals surface area contributed by atoms with Gasteiger partial charge < -0.3 is 10.5 Å². The highest BCUT2D eigenvalue weighted by Crippen LogP contribution is 2.28. The average Bonchev–Trinajstić information content (AvgIpc) is 2.46. The first-order valence-electron chi connectivity index (χ1n) is 6.07. The largest absolute Gasteiger partial charge is 0.495 e. The van der Waals surface area contributed by atoms with Crippen LogP contribution in [0.2, 0.25) is 0 Å². The lowest BCUT2D eigenvalue weighted by Gasteiger charge is -2.07. The van der Waals surface area contributed by atoms with Crippen LogP contribution in [-0.4, -0.2) is 12.1 Å². The maximum atomic E-state index is 5.93. The number of hydrogen-bond acceptors (Lipinski definition) is 3. The summed E-state index contributed by atoms with van der Waals surface area (Å²) in [7, 11) is 1.61. The van der Waals surface area contributed by atoms with Crippen LogP contribution in [0.15, 0.2) is 54.6 Å². The lowest BCUT2D eigenvalue weighted by molar-refractivity contribution is 0.417. The van der Waals surface area contributed by atoms with Gasteiger partial charge in [0, 0.05) is 10.9 Å². The van der Waals surface area contributed by atoms with Gasteiger partial charge >= 0.3 is 0 Å². The Hall–Kier alpha value is -2.55. The van der Waals surface area contributed by atoms with Crippen LogP contribution in [0.1, 0.15) is 0 Å². The molecule has 0 atom stereocenters. The molecule has 0 aliphatic heterocycles. The van der Waals surface area contributed by atoms with Gasteiger partial charge in [0.05, 0.1) is 24.0 Å². The van der Waals surface area contributed by atoms with Gasteiger partial charge in [-0.15, -0.1) is 0 Å². The number of pyridine rings is 1. The summed E-state index contributed by atoms with van der Waals surface area (Å²) in [6, 6.07) is 17.8. The summed E-state index contributed by atoms with van der Waals surface area (Å²) in [4.78, 5) is 4.65. The zero-order valence-electron chi connectivity index (χ0n) is 10.6. The van der Waals surface area contributed by atoms with E-state index < -0.39 is 0 Å². The van der Waals surface area contributed by atoms with Crippen molar-refractivity contribution in [1.29, 1.82) is 0 Å². The van der Waals surface area contributed by atoms with Crippen molar-refractivity contribution in [2.24, 2.45) is 0 Å². The van der Waals surface area contributed by atoms with Crippen LogP contribution < -0.4 is 10.5 Å². The van der Waals surface area contributed by atoms with Crippen molar-refractivity contribution in [2.75, 3.05) is 12.8 Å². The first kappa shape index (κ1) is 11.5. The fraction of sp³-hybridized carbons (Fsp3) is 0.0625. The van der Waals surface area contributed by atoms with Crippen molar-refractivity contribution in [3.05, 3.63) is 54.6 Å². The number of hydrogen-bond donors (Lipinski definition) is 1. The number of fused-ring (bicyclic) bond motifs is 1. The van der Waals surface area contributed by atoms with Gasteiger partial charge in [-0.1, -0.05) is 24.3 Å². The van der Waals surface area contributed by atoms with E-state index in [4.69, 9.17) is 10.5 Å². The van der Waals surface area contributed by atoms with E-state index >= 15 is 0 Å². The fourth-order valence-electron chi connectivity index (χ4n) is 2.12. The second-order valence-corrected chi connectivity index (χ2v) is 4.35.